The Balaban J connectivity index is 2.69. The molecule has 1 aromatic carbocycles. The highest BCUT2D eigenvalue weighted by Gasteiger charge is 2.18. The minimum absolute atomic E-state index is 0.189. The minimum atomic E-state index is -0.189. The predicted octanol–water partition coefficient (Wildman–Crippen LogP) is 2.18. The molecule has 0 radical (unpaired) electrons. The molecular weight excluding hydrogens is 238 g/mol. The van der Waals surface area contributed by atoms with Gasteiger partial charge in [0.05, 0.1) is 11.0 Å². The molecule has 17 heavy (non-hydrogen) atoms. The molecule has 5 heteroatoms. The van der Waals surface area contributed by atoms with E-state index in [1.165, 1.54) is 0 Å². The molecule has 2 rings (SSSR count). The SMILES string of the molecule is COC(CN)c1nc2ccc(Cl)c(C)c2n1C. The van der Waals surface area contributed by atoms with Crippen molar-refractivity contribution in [3.05, 3.63) is 28.5 Å². The van der Waals surface area contributed by atoms with Crippen molar-refractivity contribution in [2.45, 2.75) is 13.0 Å². The summed E-state index contributed by atoms with van der Waals surface area (Å²) in [7, 11) is 3.59. The smallest absolute Gasteiger partial charge is 0.140 e. The van der Waals surface area contributed by atoms with E-state index in [1.807, 2.05) is 30.7 Å². The second kappa shape index (κ2) is 4.64. The van der Waals surface area contributed by atoms with Gasteiger partial charge in [0, 0.05) is 25.7 Å². The van der Waals surface area contributed by atoms with Crippen LogP contribution in [0.4, 0.5) is 0 Å². The number of aromatic nitrogens is 2. The summed E-state index contributed by atoms with van der Waals surface area (Å²) in [6.07, 6.45) is -0.189. The molecule has 1 atom stereocenters. The van der Waals surface area contributed by atoms with Gasteiger partial charge in [0.15, 0.2) is 0 Å². The maximum Gasteiger partial charge on any atom is 0.140 e. The van der Waals surface area contributed by atoms with E-state index in [0.29, 0.717) is 6.54 Å². The topological polar surface area (TPSA) is 53.1 Å². The third-order valence-corrected chi connectivity index (χ3v) is 3.45. The molecule has 4 nitrogen and oxygen atoms in total. The minimum Gasteiger partial charge on any atom is -0.372 e. The van der Waals surface area contributed by atoms with Gasteiger partial charge in [-0.15, -0.1) is 0 Å². The Hall–Kier alpha value is -1.10. The Morgan fingerprint density at radius 3 is 2.82 bits per heavy atom. The Bertz CT molecular complexity index is 546. The van der Waals surface area contributed by atoms with Gasteiger partial charge in [0.25, 0.3) is 0 Å². The van der Waals surface area contributed by atoms with E-state index in [2.05, 4.69) is 4.98 Å². The van der Waals surface area contributed by atoms with Gasteiger partial charge in [-0.2, -0.15) is 0 Å². The number of fused-ring (bicyclic) bond motifs is 1. The lowest BCUT2D eigenvalue weighted by Crippen LogP contribution is -2.18. The van der Waals surface area contributed by atoms with Crippen LogP contribution < -0.4 is 5.73 Å². The van der Waals surface area contributed by atoms with Crippen LogP contribution in [0.15, 0.2) is 12.1 Å². The normalized spacial score (nSPS) is 13.2. The molecule has 0 saturated carbocycles. The van der Waals surface area contributed by atoms with Crippen LogP contribution in [0.3, 0.4) is 0 Å². The molecule has 0 spiro atoms. The van der Waals surface area contributed by atoms with Crippen LogP contribution in [-0.4, -0.2) is 23.2 Å². The van der Waals surface area contributed by atoms with Gasteiger partial charge in [0.1, 0.15) is 11.9 Å². The highest BCUT2D eigenvalue weighted by atomic mass is 35.5. The van der Waals surface area contributed by atoms with Crippen LogP contribution in [0.2, 0.25) is 5.02 Å². The van der Waals surface area contributed by atoms with Crippen LogP contribution in [0.25, 0.3) is 11.0 Å². The Morgan fingerprint density at radius 1 is 1.53 bits per heavy atom. The molecule has 2 aromatic rings. The van der Waals surface area contributed by atoms with E-state index in [0.717, 1.165) is 27.4 Å². The first-order valence-electron chi connectivity index (χ1n) is 5.44. The fourth-order valence-electron chi connectivity index (χ4n) is 2.08. The van der Waals surface area contributed by atoms with E-state index in [9.17, 15) is 0 Å². The van der Waals surface area contributed by atoms with Crippen LogP contribution in [0, 0.1) is 6.92 Å². The zero-order valence-corrected chi connectivity index (χ0v) is 11.0. The van der Waals surface area contributed by atoms with Crippen molar-refractivity contribution in [3.8, 4) is 0 Å². The molecule has 2 N–H and O–H groups in total. The van der Waals surface area contributed by atoms with Crippen LogP contribution in [0.1, 0.15) is 17.5 Å². The number of imidazole rings is 1. The van der Waals surface area contributed by atoms with Gasteiger partial charge in [0.2, 0.25) is 0 Å². The number of rotatable bonds is 3. The molecule has 0 bridgehead atoms. The fourth-order valence-corrected chi connectivity index (χ4v) is 2.24. The number of methoxy groups -OCH3 is 1. The highest BCUT2D eigenvalue weighted by molar-refractivity contribution is 6.32. The van der Waals surface area contributed by atoms with Crippen LogP contribution >= 0.6 is 11.6 Å². The summed E-state index contributed by atoms with van der Waals surface area (Å²) in [5, 5.41) is 0.744. The lowest BCUT2D eigenvalue weighted by molar-refractivity contribution is 0.101. The van der Waals surface area contributed by atoms with Crippen molar-refractivity contribution in [3.63, 3.8) is 0 Å². The highest BCUT2D eigenvalue weighted by Crippen LogP contribution is 2.27. The largest absolute Gasteiger partial charge is 0.372 e. The van der Waals surface area contributed by atoms with E-state index in [-0.39, 0.29) is 6.10 Å². The Labute approximate surface area is 105 Å². The van der Waals surface area contributed by atoms with E-state index < -0.39 is 0 Å². The molecule has 0 aliphatic heterocycles. The number of nitrogens with zero attached hydrogens (tertiary/aromatic N) is 2. The lowest BCUT2D eigenvalue weighted by Gasteiger charge is -2.12. The van der Waals surface area contributed by atoms with Gasteiger partial charge in [-0.25, -0.2) is 4.98 Å². The molecule has 0 amide bonds. The average molecular weight is 254 g/mol. The molecule has 92 valence electrons. The van der Waals surface area contributed by atoms with Crippen molar-refractivity contribution < 1.29 is 4.74 Å². The number of aryl methyl sites for hydroxylation is 2. The van der Waals surface area contributed by atoms with Crippen LogP contribution in [-0.2, 0) is 11.8 Å². The standard InChI is InChI=1S/C12H16ClN3O/c1-7-8(13)4-5-9-11(7)16(2)12(15-9)10(6-14)17-3/h4-5,10H,6,14H2,1-3H3. The van der Waals surface area contributed by atoms with Gasteiger partial charge in [-0.1, -0.05) is 11.6 Å². The third-order valence-electron chi connectivity index (χ3n) is 3.04. The zero-order chi connectivity index (χ0) is 12.6. The average Bonchev–Trinajstić information content (AvgIpc) is 2.64. The lowest BCUT2D eigenvalue weighted by atomic mass is 10.2. The summed E-state index contributed by atoms with van der Waals surface area (Å²) < 4.78 is 7.32. The number of nitrogens with two attached hydrogens (primary N) is 1. The summed E-state index contributed by atoms with van der Waals surface area (Å²) in [5.74, 6) is 0.829. The summed E-state index contributed by atoms with van der Waals surface area (Å²) in [5.41, 5.74) is 8.64. The molecule has 1 heterocycles. The summed E-state index contributed by atoms with van der Waals surface area (Å²) in [6, 6.07) is 3.78. The Kier molecular flexibility index (Phi) is 3.38. The second-order valence-electron chi connectivity index (χ2n) is 4.03. The molecule has 0 fully saturated rings. The van der Waals surface area contributed by atoms with Crippen molar-refractivity contribution in [2.24, 2.45) is 12.8 Å². The van der Waals surface area contributed by atoms with Crippen molar-refractivity contribution in [2.75, 3.05) is 13.7 Å². The van der Waals surface area contributed by atoms with Crippen molar-refractivity contribution >= 4 is 22.6 Å². The second-order valence-corrected chi connectivity index (χ2v) is 4.44. The number of halogens is 1. The van der Waals surface area contributed by atoms with Crippen LogP contribution in [0.5, 0.6) is 0 Å². The zero-order valence-electron chi connectivity index (χ0n) is 10.2. The monoisotopic (exact) mass is 253 g/mol. The number of hydrogen-bond acceptors (Lipinski definition) is 3. The van der Waals surface area contributed by atoms with E-state index >= 15 is 0 Å². The van der Waals surface area contributed by atoms with Crippen molar-refractivity contribution in [1.82, 2.24) is 9.55 Å². The maximum absolute atomic E-state index is 6.12. The molecule has 0 aliphatic rings. The molecule has 1 unspecified atom stereocenters. The summed E-state index contributed by atoms with van der Waals surface area (Å²) in [6.45, 7) is 2.39. The summed E-state index contributed by atoms with van der Waals surface area (Å²) >= 11 is 6.12. The first-order valence-corrected chi connectivity index (χ1v) is 5.82. The molecule has 0 aliphatic carbocycles. The predicted molar refractivity (Wildman–Crippen MR) is 69.3 cm³/mol. The van der Waals surface area contributed by atoms with Gasteiger partial charge in [-0.3, -0.25) is 0 Å². The quantitative estimate of drug-likeness (QED) is 0.912. The first-order chi connectivity index (χ1) is 8.10. The van der Waals surface area contributed by atoms with E-state index in [1.54, 1.807) is 7.11 Å². The van der Waals surface area contributed by atoms with Gasteiger partial charge in [-0.05, 0) is 24.6 Å². The molecular formula is C12H16ClN3O. The van der Waals surface area contributed by atoms with Crippen molar-refractivity contribution in [1.29, 1.82) is 0 Å². The molecule has 1 aromatic heterocycles. The number of hydrogen-bond donors (Lipinski definition) is 1. The maximum atomic E-state index is 6.12. The van der Waals surface area contributed by atoms with Gasteiger partial charge < -0.3 is 15.0 Å². The van der Waals surface area contributed by atoms with Gasteiger partial charge >= 0.3 is 0 Å². The fraction of sp³-hybridized carbons (Fsp3) is 0.417. The third kappa shape index (κ3) is 1.92. The van der Waals surface area contributed by atoms with E-state index in [4.69, 9.17) is 22.1 Å². The Morgan fingerprint density at radius 2 is 2.24 bits per heavy atom. The summed E-state index contributed by atoms with van der Waals surface area (Å²) in [4.78, 5) is 4.56. The first kappa shape index (κ1) is 12.4. The number of benzene rings is 1. The molecule has 0 saturated heterocycles. The number of ether oxygens (including phenoxy) is 1.